The number of hydrogen-bond acceptors (Lipinski definition) is 2. The Bertz CT molecular complexity index is 1040. The molecule has 5 rings (SSSR count). The summed E-state index contributed by atoms with van der Waals surface area (Å²) >= 11 is 0. The van der Waals surface area contributed by atoms with E-state index in [-0.39, 0.29) is 34.8 Å². The van der Waals surface area contributed by atoms with Gasteiger partial charge in [0.05, 0.1) is 5.41 Å². The summed E-state index contributed by atoms with van der Waals surface area (Å²) < 4.78 is 28.3. The molecule has 2 saturated heterocycles. The highest BCUT2D eigenvalue weighted by Crippen LogP contribution is 2.50. The molecule has 4 nitrogen and oxygen atoms in total. The van der Waals surface area contributed by atoms with Crippen LogP contribution in [0.1, 0.15) is 62.0 Å². The summed E-state index contributed by atoms with van der Waals surface area (Å²) in [6.45, 7) is 1.64. The van der Waals surface area contributed by atoms with Crippen molar-refractivity contribution in [1.29, 1.82) is 0 Å². The third-order valence-corrected chi connectivity index (χ3v) is 8.33. The second kappa shape index (κ2) is 8.54. The maximum Gasteiger partial charge on any atom is 0.233 e. The second-order valence-corrected chi connectivity index (χ2v) is 10.0. The minimum absolute atomic E-state index is 0.0264. The minimum atomic E-state index is -0.782. The van der Waals surface area contributed by atoms with E-state index in [0.29, 0.717) is 57.3 Å². The van der Waals surface area contributed by atoms with E-state index < -0.39 is 5.41 Å². The minimum Gasteiger partial charge on any atom is -0.355 e. The Morgan fingerprint density at radius 3 is 2.27 bits per heavy atom. The molecular weight excluding hydrogens is 422 g/mol. The molecule has 2 heterocycles. The first-order valence-corrected chi connectivity index (χ1v) is 12.0. The molecule has 1 atom stereocenters. The normalized spacial score (nSPS) is 24.0. The predicted molar refractivity (Wildman–Crippen MR) is 122 cm³/mol. The van der Waals surface area contributed by atoms with Crippen LogP contribution in [-0.4, -0.2) is 36.3 Å². The van der Waals surface area contributed by atoms with Crippen LogP contribution in [0.4, 0.5) is 8.78 Å². The Morgan fingerprint density at radius 2 is 1.61 bits per heavy atom. The van der Waals surface area contributed by atoms with Gasteiger partial charge in [-0.25, -0.2) is 8.78 Å². The molecule has 6 heteroatoms. The Labute approximate surface area is 193 Å². The van der Waals surface area contributed by atoms with Gasteiger partial charge >= 0.3 is 0 Å². The number of benzene rings is 2. The van der Waals surface area contributed by atoms with Gasteiger partial charge in [0, 0.05) is 37.5 Å². The topological polar surface area (TPSA) is 49.4 Å². The lowest BCUT2D eigenvalue weighted by Gasteiger charge is -2.50. The monoisotopic (exact) mass is 452 g/mol. The number of hydrogen-bond donors (Lipinski definition) is 1. The zero-order valence-electron chi connectivity index (χ0n) is 18.8. The highest BCUT2D eigenvalue weighted by Gasteiger charge is 2.51. The first-order chi connectivity index (χ1) is 15.9. The van der Waals surface area contributed by atoms with Crippen LogP contribution in [0.25, 0.3) is 0 Å². The van der Waals surface area contributed by atoms with Crippen LogP contribution < -0.4 is 5.32 Å². The third-order valence-electron chi connectivity index (χ3n) is 8.33. The van der Waals surface area contributed by atoms with E-state index in [1.54, 1.807) is 12.1 Å². The molecule has 0 unspecified atom stereocenters. The summed E-state index contributed by atoms with van der Waals surface area (Å²) in [5.74, 6) is -0.435. The van der Waals surface area contributed by atoms with Crippen molar-refractivity contribution in [3.63, 3.8) is 0 Å². The molecule has 2 aromatic carbocycles. The summed E-state index contributed by atoms with van der Waals surface area (Å²) in [5, 5.41) is 2.97. The molecule has 0 radical (unpaired) electrons. The molecule has 2 aliphatic heterocycles. The van der Waals surface area contributed by atoms with Crippen molar-refractivity contribution in [2.24, 2.45) is 5.41 Å². The van der Waals surface area contributed by atoms with Crippen molar-refractivity contribution in [3.8, 4) is 0 Å². The average Bonchev–Trinajstić information content (AvgIpc) is 3.31. The Morgan fingerprint density at radius 1 is 0.939 bits per heavy atom. The average molecular weight is 453 g/mol. The van der Waals surface area contributed by atoms with Gasteiger partial charge in [-0.15, -0.1) is 0 Å². The van der Waals surface area contributed by atoms with E-state index in [1.807, 2.05) is 23.1 Å². The summed E-state index contributed by atoms with van der Waals surface area (Å²) in [7, 11) is 0. The van der Waals surface area contributed by atoms with Gasteiger partial charge in [0.25, 0.3) is 0 Å². The number of carbonyl (C=O) groups excluding carboxylic acids is 2. The molecule has 2 amide bonds. The van der Waals surface area contributed by atoms with Gasteiger partial charge in [-0.05, 0) is 54.9 Å². The van der Waals surface area contributed by atoms with Crippen LogP contribution in [0.5, 0.6) is 0 Å². The highest BCUT2D eigenvalue weighted by atomic mass is 19.1. The number of nitrogens with zero attached hydrogens (tertiary/aromatic N) is 1. The van der Waals surface area contributed by atoms with Crippen molar-refractivity contribution >= 4 is 11.8 Å². The summed E-state index contributed by atoms with van der Waals surface area (Å²) in [5.41, 5.74) is 0.511. The number of nitrogens with one attached hydrogen (secondary N) is 1. The molecule has 1 spiro atoms. The SMILES string of the molecule is O=C1CC2(CCN(C(=O)C3(c4ccccc4F)CCCC3)CC2)[C@H](c2ccc(F)cc2)CN1. The number of amides is 2. The molecular formula is C27H30F2N2O2. The van der Waals surface area contributed by atoms with Gasteiger partial charge in [0.15, 0.2) is 0 Å². The summed E-state index contributed by atoms with van der Waals surface area (Å²) in [6.07, 6.45) is 5.03. The fraction of sp³-hybridized carbons (Fsp3) is 0.481. The first kappa shape index (κ1) is 22.1. The quantitative estimate of drug-likeness (QED) is 0.735. The number of carbonyl (C=O) groups is 2. The molecule has 2 aromatic rings. The molecule has 1 N–H and O–H groups in total. The lowest BCUT2D eigenvalue weighted by molar-refractivity contribution is -0.141. The fourth-order valence-corrected chi connectivity index (χ4v) is 6.51. The van der Waals surface area contributed by atoms with Gasteiger partial charge in [-0.3, -0.25) is 9.59 Å². The van der Waals surface area contributed by atoms with Gasteiger partial charge < -0.3 is 10.2 Å². The summed E-state index contributed by atoms with van der Waals surface area (Å²) in [4.78, 5) is 28.1. The molecule has 3 fully saturated rings. The van der Waals surface area contributed by atoms with Gasteiger partial charge in [-0.1, -0.05) is 43.2 Å². The number of piperidine rings is 2. The summed E-state index contributed by atoms with van der Waals surface area (Å²) in [6, 6.07) is 13.2. The Hall–Kier alpha value is -2.76. The van der Waals surface area contributed by atoms with Crippen LogP contribution in [0.3, 0.4) is 0 Å². The number of halogens is 2. The van der Waals surface area contributed by atoms with Crippen LogP contribution in [0.2, 0.25) is 0 Å². The lowest BCUT2D eigenvalue weighted by atomic mass is 9.62. The van der Waals surface area contributed by atoms with Gasteiger partial charge in [0.2, 0.25) is 11.8 Å². The van der Waals surface area contributed by atoms with Crippen molar-refractivity contribution in [3.05, 3.63) is 71.3 Å². The van der Waals surface area contributed by atoms with Crippen molar-refractivity contribution in [2.45, 2.75) is 56.3 Å². The zero-order chi connectivity index (χ0) is 23.1. The van der Waals surface area contributed by atoms with Crippen molar-refractivity contribution < 1.29 is 18.4 Å². The van der Waals surface area contributed by atoms with E-state index in [2.05, 4.69) is 5.32 Å². The van der Waals surface area contributed by atoms with Crippen LogP contribution in [0.15, 0.2) is 48.5 Å². The predicted octanol–water partition coefficient (Wildman–Crippen LogP) is 4.69. The largest absolute Gasteiger partial charge is 0.355 e. The Balaban J connectivity index is 1.39. The first-order valence-electron chi connectivity index (χ1n) is 12.0. The standard InChI is InChI=1S/C27H30F2N2O2/c28-20-9-7-19(8-10-20)22-18-30-24(32)17-26(22)13-15-31(16-14-26)25(33)27(11-3-4-12-27)21-5-1-2-6-23(21)29/h1-2,5-10,22H,3-4,11-18H2,(H,30,32)/t22-/m0/s1. The second-order valence-electron chi connectivity index (χ2n) is 10.0. The molecule has 0 aromatic heterocycles. The van der Waals surface area contributed by atoms with Crippen molar-refractivity contribution in [2.75, 3.05) is 19.6 Å². The van der Waals surface area contributed by atoms with Crippen LogP contribution >= 0.6 is 0 Å². The van der Waals surface area contributed by atoms with Gasteiger partial charge in [0.1, 0.15) is 11.6 Å². The van der Waals surface area contributed by atoms with Gasteiger partial charge in [-0.2, -0.15) is 0 Å². The maximum absolute atomic E-state index is 14.8. The molecule has 3 aliphatic rings. The molecule has 1 aliphatic carbocycles. The maximum atomic E-state index is 14.8. The molecule has 1 saturated carbocycles. The van der Waals surface area contributed by atoms with Crippen molar-refractivity contribution in [1.82, 2.24) is 10.2 Å². The van der Waals surface area contributed by atoms with Crippen LogP contribution in [-0.2, 0) is 15.0 Å². The van der Waals surface area contributed by atoms with E-state index >= 15 is 0 Å². The van der Waals surface area contributed by atoms with E-state index in [4.69, 9.17) is 0 Å². The van der Waals surface area contributed by atoms with E-state index in [1.165, 1.54) is 18.2 Å². The molecule has 174 valence electrons. The van der Waals surface area contributed by atoms with Crippen LogP contribution in [0, 0.1) is 17.0 Å². The molecule has 33 heavy (non-hydrogen) atoms. The number of likely N-dealkylation sites (tertiary alicyclic amines) is 1. The third kappa shape index (κ3) is 3.83. The van der Waals surface area contributed by atoms with E-state index in [0.717, 1.165) is 18.4 Å². The van der Waals surface area contributed by atoms with E-state index in [9.17, 15) is 18.4 Å². The highest BCUT2D eigenvalue weighted by molar-refractivity contribution is 5.89. The zero-order valence-corrected chi connectivity index (χ0v) is 18.8. The molecule has 0 bridgehead atoms. The Kier molecular flexibility index (Phi) is 5.71. The number of rotatable bonds is 3. The smallest absolute Gasteiger partial charge is 0.233 e. The fourth-order valence-electron chi connectivity index (χ4n) is 6.51. The lowest BCUT2D eigenvalue weighted by Crippen LogP contribution is -2.55.